The lowest BCUT2D eigenvalue weighted by molar-refractivity contribution is 0.562. The topological polar surface area (TPSA) is 29.4 Å². The number of aryl methyl sites for hydroxylation is 1. The molecule has 0 unspecified atom stereocenters. The van der Waals surface area contributed by atoms with Crippen molar-refractivity contribution in [2.75, 3.05) is 0 Å². The van der Waals surface area contributed by atoms with E-state index in [1.54, 1.807) is 0 Å². The average Bonchev–Trinajstić information content (AvgIpc) is 2.09. The molecule has 68 valence electrons. The molecule has 1 rings (SSSR count). The van der Waals surface area contributed by atoms with Crippen LogP contribution in [0, 0.1) is 13.8 Å². The summed E-state index contributed by atoms with van der Waals surface area (Å²) in [5, 5.41) is 0.680. The van der Waals surface area contributed by atoms with Gasteiger partial charge in [0.15, 0.2) is 0 Å². The van der Waals surface area contributed by atoms with E-state index < -0.39 is 0 Å². The van der Waals surface area contributed by atoms with Gasteiger partial charge in [0.25, 0.3) is 0 Å². The molecule has 13 heavy (non-hydrogen) atoms. The molecule has 0 fully saturated rings. The molecule has 0 aliphatic heterocycles. The number of benzene rings is 1. The third kappa shape index (κ3) is 2.41. The SMILES string of the molecule is Cc1cc(Cl)cc(CN=C=O)c1C. The second kappa shape index (κ2) is 4.22. The van der Waals surface area contributed by atoms with Crippen LogP contribution in [0.3, 0.4) is 0 Å². The highest BCUT2D eigenvalue weighted by molar-refractivity contribution is 6.30. The van der Waals surface area contributed by atoms with Gasteiger partial charge in [0, 0.05) is 5.02 Å². The van der Waals surface area contributed by atoms with E-state index in [2.05, 4.69) is 4.99 Å². The quantitative estimate of drug-likeness (QED) is 0.527. The first kappa shape index (κ1) is 9.97. The van der Waals surface area contributed by atoms with Gasteiger partial charge in [0.1, 0.15) is 0 Å². The fourth-order valence-electron chi connectivity index (χ4n) is 1.17. The van der Waals surface area contributed by atoms with Crippen molar-refractivity contribution < 1.29 is 4.79 Å². The van der Waals surface area contributed by atoms with Crippen molar-refractivity contribution in [3.8, 4) is 0 Å². The van der Waals surface area contributed by atoms with Crippen LogP contribution in [-0.4, -0.2) is 6.08 Å². The van der Waals surface area contributed by atoms with Gasteiger partial charge in [0.2, 0.25) is 6.08 Å². The third-order valence-corrected chi connectivity index (χ3v) is 2.27. The van der Waals surface area contributed by atoms with Crippen LogP contribution in [-0.2, 0) is 11.3 Å². The maximum atomic E-state index is 9.93. The summed E-state index contributed by atoms with van der Waals surface area (Å²) in [7, 11) is 0. The summed E-state index contributed by atoms with van der Waals surface area (Å²) in [5.41, 5.74) is 3.22. The Hall–Kier alpha value is -1.11. The monoisotopic (exact) mass is 195 g/mol. The van der Waals surface area contributed by atoms with Crippen molar-refractivity contribution in [1.82, 2.24) is 0 Å². The number of nitrogens with zero attached hydrogens (tertiary/aromatic N) is 1. The Labute approximate surface area is 82.3 Å². The van der Waals surface area contributed by atoms with E-state index in [4.69, 9.17) is 11.6 Å². The largest absolute Gasteiger partial charge is 0.235 e. The van der Waals surface area contributed by atoms with E-state index in [0.717, 1.165) is 16.7 Å². The van der Waals surface area contributed by atoms with Crippen molar-refractivity contribution in [2.24, 2.45) is 4.99 Å². The van der Waals surface area contributed by atoms with Gasteiger partial charge in [-0.3, -0.25) is 0 Å². The minimum atomic E-state index is 0.358. The summed E-state index contributed by atoms with van der Waals surface area (Å²) in [4.78, 5) is 13.5. The summed E-state index contributed by atoms with van der Waals surface area (Å²) in [6, 6.07) is 3.72. The Bertz CT molecular complexity index is 367. The molecule has 0 bridgehead atoms. The number of hydrogen-bond acceptors (Lipinski definition) is 2. The zero-order chi connectivity index (χ0) is 9.84. The minimum Gasteiger partial charge on any atom is -0.211 e. The van der Waals surface area contributed by atoms with Crippen LogP contribution in [0.2, 0.25) is 5.02 Å². The van der Waals surface area contributed by atoms with Gasteiger partial charge in [-0.05, 0) is 42.7 Å². The van der Waals surface area contributed by atoms with Gasteiger partial charge in [0.05, 0.1) is 6.54 Å². The summed E-state index contributed by atoms with van der Waals surface area (Å²) in [5.74, 6) is 0. The van der Waals surface area contributed by atoms with Gasteiger partial charge in [-0.15, -0.1) is 0 Å². The molecule has 0 N–H and O–H groups in total. The first-order valence-corrected chi connectivity index (χ1v) is 4.32. The number of carbonyl (C=O) groups excluding carboxylic acids is 1. The highest BCUT2D eigenvalue weighted by Gasteiger charge is 2.02. The molecule has 0 aliphatic carbocycles. The predicted octanol–water partition coefficient (Wildman–Crippen LogP) is 2.79. The summed E-state index contributed by atoms with van der Waals surface area (Å²) >= 11 is 5.86. The van der Waals surface area contributed by atoms with Crippen molar-refractivity contribution in [3.05, 3.63) is 33.8 Å². The Morgan fingerprint density at radius 1 is 1.46 bits per heavy atom. The molecule has 1 aromatic carbocycles. The number of hydrogen-bond donors (Lipinski definition) is 0. The molecule has 0 heterocycles. The molecule has 0 amide bonds. The lowest BCUT2D eigenvalue weighted by Crippen LogP contribution is -1.90. The molecule has 0 atom stereocenters. The number of aliphatic imine (C=N–C) groups is 1. The van der Waals surface area contributed by atoms with Gasteiger partial charge in [-0.2, -0.15) is 0 Å². The fourth-order valence-corrected chi connectivity index (χ4v) is 1.46. The summed E-state index contributed by atoms with van der Waals surface area (Å²) in [6.07, 6.45) is 1.51. The van der Waals surface area contributed by atoms with E-state index in [-0.39, 0.29) is 0 Å². The van der Waals surface area contributed by atoms with Crippen LogP contribution in [0.15, 0.2) is 17.1 Å². The molecule has 1 aromatic rings. The summed E-state index contributed by atoms with van der Waals surface area (Å²) in [6.45, 7) is 4.33. The van der Waals surface area contributed by atoms with Crippen LogP contribution >= 0.6 is 11.6 Å². The van der Waals surface area contributed by atoms with Crippen LogP contribution < -0.4 is 0 Å². The highest BCUT2D eigenvalue weighted by Crippen LogP contribution is 2.20. The Balaban J connectivity index is 3.12. The highest BCUT2D eigenvalue weighted by atomic mass is 35.5. The third-order valence-electron chi connectivity index (χ3n) is 2.05. The Kier molecular flexibility index (Phi) is 3.24. The maximum Gasteiger partial charge on any atom is 0.235 e. The van der Waals surface area contributed by atoms with Crippen molar-refractivity contribution in [1.29, 1.82) is 0 Å². The van der Waals surface area contributed by atoms with Crippen molar-refractivity contribution >= 4 is 17.7 Å². The molecule has 2 nitrogen and oxygen atoms in total. The van der Waals surface area contributed by atoms with Gasteiger partial charge in [-0.25, -0.2) is 9.79 Å². The van der Waals surface area contributed by atoms with Gasteiger partial charge in [-0.1, -0.05) is 11.6 Å². The predicted molar refractivity (Wildman–Crippen MR) is 52.8 cm³/mol. The molecule has 0 aromatic heterocycles. The van der Waals surface area contributed by atoms with Crippen LogP contribution in [0.5, 0.6) is 0 Å². The van der Waals surface area contributed by atoms with E-state index in [9.17, 15) is 4.79 Å². The summed E-state index contributed by atoms with van der Waals surface area (Å²) < 4.78 is 0. The number of halogens is 1. The van der Waals surface area contributed by atoms with E-state index in [0.29, 0.717) is 11.6 Å². The average molecular weight is 196 g/mol. The van der Waals surface area contributed by atoms with Gasteiger partial charge >= 0.3 is 0 Å². The van der Waals surface area contributed by atoms with Crippen molar-refractivity contribution in [3.63, 3.8) is 0 Å². The molecule has 0 radical (unpaired) electrons. The van der Waals surface area contributed by atoms with Crippen molar-refractivity contribution in [2.45, 2.75) is 20.4 Å². The lowest BCUT2D eigenvalue weighted by Gasteiger charge is -2.06. The first-order valence-electron chi connectivity index (χ1n) is 3.94. The normalized spacial score (nSPS) is 9.46. The molecule has 0 aliphatic rings. The van der Waals surface area contributed by atoms with E-state index in [1.165, 1.54) is 6.08 Å². The molecule has 0 saturated heterocycles. The standard InChI is InChI=1S/C10H10ClNO/c1-7-3-10(11)4-9(8(7)2)5-12-6-13/h3-4H,5H2,1-2H3. The smallest absolute Gasteiger partial charge is 0.211 e. The Morgan fingerprint density at radius 2 is 2.15 bits per heavy atom. The number of isocyanates is 1. The zero-order valence-electron chi connectivity index (χ0n) is 7.60. The lowest BCUT2D eigenvalue weighted by atomic mass is 10.0. The van der Waals surface area contributed by atoms with E-state index >= 15 is 0 Å². The Morgan fingerprint density at radius 3 is 2.77 bits per heavy atom. The molecule has 3 heteroatoms. The zero-order valence-corrected chi connectivity index (χ0v) is 8.35. The molecular weight excluding hydrogens is 186 g/mol. The van der Waals surface area contributed by atoms with Crippen LogP contribution in [0.1, 0.15) is 16.7 Å². The second-order valence-electron chi connectivity index (χ2n) is 2.91. The number of rotatable bonds is 2. The first-order chi connectivity index (χ1) is 6.15. The maximum absolute atomic E-state index is 9.93. The second-order valence-corrected chi connectivity index (χ2v) is 3.35. The fraction of sp³-hybridized carbons (Fsp3) is 0.300. The minimum absolute atomic E-state index is 0.358. The van der Waals surface area contributed by atoms with Crippen LogP contribution in [0.4, 0.5) is 0 Å². The van der Waals surface area contributed by atoms with E-state index in [1.807, 2.05) is 26.0 Å². The molecular formula is C10H10ClNO. The molecule has 0 spiro atoms. The van der Waals surface area contributed by atoms with Gasteiger partial charge < -0.3 is 0 Å². The molecule has 0 saturated carbocycles. The van der Waals surface area contributed by atoms with Crippen LogP contribution in [0.25, 0.3) is 0 Å².